The second kappa shape index (κ2) is 10.7. The van der Waals surface area contributed by atoms with Crippen molar-refractivity contribution in [2.45, 2.75) is 0 Å². The molecule has 0 radical (unpaired) electrons. The Hall–Kier alpha value is -6.26. The molecular formula is C42H27N3O. The van der Waals surface area contributed by atoms with Gasteiger partial charge in [0.2, 0.25) is 0 Å². The van der Waals surface area contributed by atoms with Crippen molar-refractivity contribution in [1.29, 1.82) is 0 Å². The van der Waals surface area contributed by atoms with Crippen LogP contribution in [-0.2, 0) is 0 Å². The summed E-state index contributed by atoms with van der Waals surface area (Å²) in [7, 11) is 0. The number of hydrogen-bond acceptors (Lipinski definition) is 4. The zero-order chi connectivity index (χ0) is 30.5. The maximum Gasteiger partial charge on any atom is 0.160 e. The molecule has 6 aromatic carbocycles. The zero-order valence-electron chi connectivity index (χ0n) is 24.8. The molecule has 0 saturated heterocycles. The number of rotatable bonds is 4. The Morgan fingerprint density at radius 3 is 1.72 bits per heavy atom. The van der Waals surface area contributed by atoms with Crippen LogP contribution in [0.1, 0.15) is 0 Å². The van der Waals surface area contributed by atoms with E-state index in [-0.39, 0.29) is 0 Å². The molecular weight excluding hydrogens is 562 g/mol. The van der Waals surface area contributed by atoms with Crippen molar-refractivity contribution in [2.75, 3.05) is 4.90 Å². The summed E-state index contributed by atoms with van der Waals surface area (Å²) in [6.45, 7) is 0. The normalized spacial score (nSPS) is 11.9. The first-order valence-electron chi connectivity index (χ1n) is 15.4. The summed E-state index contributed by atoms with van der Waals surface area (Å²) in [4.78, 5) is 12.3. The first-order chi connectivity index (χ1) is 22.8. The van der Waals surface area contributed by atoms with Crippen molar-refractivity contribution in [2.24, 2.45) is 0 Å². The van der Waals surface area contributed by atoms with Crippen LogP contribution in [0.2, 0.25) is 0 Å². The molecule has 0 aliphatic carbocycles. The minimum Gasteiger partial charge on any atom is -0.455 e. The lowest BCUT2D eigenvalue weighted by atomic mass is 9.98. The van der Waals surface area contributed by atoms with Gasteiger partial charge in [-0.05, 0) is 42.5 Å². The molecule has 216 valence electrons. The number of nitrogens with zero attached hydrogens (tertiary/aromatic N) is 3. The molecule has 1 aliphatic rings. The van der Waals surface area contributed by atoms with Gasteiger partial charge in [-0.2, -0.15) is 0 Å². The van der Waals surface area contributed by atoms with Gasteiger partial charge in [-0.3, -0.25) is 0 Å². The number of anilines is 3. The Bertz CT molecular complexity index is 2300. The number of fused-ring (bicyclic) bond motifs is 7. The average molecular weight is 590 g/mol. The third kappa shape index (κ3) is 4.31. The first kappa shape index (κ1) is 26.2. The number of benzene rings is 6. The zero-order valence-corrected chi connectivity index (χ0v) is 24.8. The number of furan rings is 1. The van der Waals surface area contributed by atoms with Gasteiger partial charge in [-0.25, -0.2) is 9.97 Å². The Labute approximate surface area is 266 Å². The lowest BCUT2D eigenvalue weighted by Gasteiger charge is -2.27. The predicted molar refractivity (Wildman–Crippen MR) is 187 cm³/mol. The summed E-state index contributed by atoms with van der Waals surface area (Å²) in [5.41, 5.74) is 12.3. The fraction of sp³-hybridized carbons (Fsp3) is 0. The van der Waals surface area contributed by atoms with Gasteiger partial charge in [0.05, 0.1) is 22.8 Å². The minimum absolute atomic E-state index is 0.706. The van der Waals surface area contributed by atoms with Crippen LogP contribution in [0.15, 0.2) is 168 Å². The van der Waals surface area contributed by atoms with Crippen LogP contribution in [0.25, 0.3) is 67.3 Å². The molecule has 0 unspecified atom stereocenters. The quantitative estimate of drug-likeness (QED) is 0.205. The number of aromatic nitrogens is 2. The second-order valence-electron chi connectivity index (χ2n) is 11.4. The van der Waals surface area contributed by atoms with E-state index in [4.69, 9.17) is 14.4 Å². The van der Waals surface area contributed by atoms with Gasteiger partial charge < -0.3 is 9.32 Å². The van der Waals surface area contributed by atoms with Gasteiger partial charge in [0.15, 0.2) is 5.82 Å². The summed E-state index contributed by atoms with van der Waals surface area (Å²) in [6, 6.07) is 56.6. The van der Waals surface area contributed by atoms with Gasteiger partial charge in [0.25, 0.3) is 0 Å². The predicted octanol–water partition coefficient (Wildman–Crippen LogP) is 11.3. The van der Waals surface area contributed by atoms with Crippen LogP contribution in [0, 0.1) is 0 Å². The summed E-state index contributed by atoms with van der Waals surface area (Å²) >= 11 is 0. The van der Waals surface area contributed by atoms with Gasteiger partial charge in [-0.15, -0.1) is 0 Å². The van der Waals surface area contributed by atoms with Gasteiger partial charge >= 0.3 is 0 Å². The van der Waals surface area contributed by atoms with Crippen molar-refractivity contribution >= 4 is 28.0 Å². The molecule has 8 aromatic rings. The van der Waals surface area contributed by atoms with Crippen molar-refractivity contribution in [1.82, 2.24) is 9.97 Å². The maximum atomic E-state index is 6.57. The number of hydrogen-bond donors (Lipinski definition) is 0. The van der Waals surface area contributed by atoms with Crippen LogP contribution in [0.5, 0.6) is 0 Å². The molecule has 4 nitrogen and oxygen atoms in total. The fourth-order valence-electron chi connectivity index (χ4n) is 6.50. The highest BCUT2D eigenvalue weighted by Crippen LogP contribution is 2.53. The third-order valence-corrected chi connectivity index (χ3v) is 8.65. The summed E-state index contributed by atoms with van der Waals surface area (Å²) < 4.78 is 6.57. The van der Waals surface area contributed by atoms with Gasteiger partial charge in [0.1, 0.15) is 11.3 Å². The molecule has 3 heterocycles. The van der Waals surface area contributed by atoms with E-state index >= 15 is 0 Å². The summed E-state index contributed by atoms with van der Waals surface area (Å²) in [5.74, 6) is 1.60. The molecule has 0 spiro atoms. The Kier molecular flexibility index (Phi) is 6.10. The molecule has 0 amide bonds. The van der Waals surface area contributed by atoms with E-state index in [0.29, 0.717) is 5.82 Å². The van der Waals surface area contributed by atoms with E-state index in [1.165, 1.54) is 0 Å². The van der Waals surface area contributed by atoms with Crippen molar-refractivity contribution in [3.63, 3.8) is 0 Å². The van der Waals surface area contributed by atoms with Crippen LogP contribution >= 0.6 is 0 Å². The van der Waals surface area contributed by atoms with Crippen LogP contribution < -0.4 is 4.90 Å². The van der Waals surface area contributed by atoms with Crippen molar-refractivity contribution in [3.8, 4) is 56.4 Å². The van der Waals surface area contributed by atoms with E-state index in [0.717, 1.165) is 78.6 Å². The third-order valence-electron chi connectivity index (χ3n) is 8.65. The topological polar surface area (TPSA) is 42.2 Å². The molecule has 2 aromatic heterocycles. The highest BCUT2D eigenvalue weighted by Gasteiger charge is 2.29. The van der Waals surface area contributed by atoms with E-state index < -0.39 is 0 Å². The molecule has 1 aliphatic heterocycles. The molecule has 0 fully saturated rings. The largest absolute Gasteiger partial charge is 0.455 e. The second-order valence-corrected chi connectivity index (χ2v) is 11.4. The van der Waals surface area contributed by atoms with E-state index in [1.54, 1.807) is 0 Å². The van der Waals surface area contributed by atoms with Gasteiger partial charge in [-0.1, -0.05) is 121 Å². The van der Waals surface area contributed by atoms with Crippen molar-refractivity contribution in [3.05, 3.63) is 164 Å². The van der Waals surface area contributed by atoms with Crippen LogP contribution in [-0.4, -0.2) is 9.97 Å². The maximum absolute atomic E-state index is 6.57. The molecule has 0 N–H and O–H groups in total. The SMILES string of the molecule is c1ccc(-c2cc(-c3ccc(N4c5ccccc5-c5oc6ccccc6c5-c5ccccc54)cc3)nc(-c3ccccc3)n2)cc1. The Morgan fingerprint density at radius 2 is 1.00 bits per heavy atom. The van der Waals surface area contributed by atoms with Crippen molar-refractivity contribution < 1.29 is 4.42 Å². The smallest absolute Gasteiger partial charge is 0.160 e. The van der Waals surface area contributed by atoms with E-state index in [1.807, 2.05) is 48.5 Å². The van der Waals surface area contributed by atoms with Crippen LogP contribution in [0.3, 0.4) is 0 Å². The average Bonchev–Trinajstić information content (AvgIpc) is 3.47. The van der Waals surface area contributed by atoms with Crippen LogP contribution in [0.4, 0.5) is 17.1 Å². The van der Waals surface area contributed by atoms with E-state index in [2.05, 4.69) is 120 Å². The molecule has 4 heteroatoms. The Morgan fingerprint density at radius 1 is 0.457 bits per heavy atom. The first-order valence-corrected chi connectivity index (χ1v) is 15.4. The van der Waals surface area contributed by atoms with E-state index in [9.17, 15) is 0 Å². The Balaban J connectivity index is 1.19. The molecule has 46 heavy (non-hydrogen) atoms. The highest BCUT2D eigenvalue weighted by molar-refractivity contribution is 6.10. The standard InChI is InChI=1S/C42H27N3O/c1-3-13-28(14-4-1)35-27-36(44-42(43-35)30-15-5-2-6-16-30)29-23-25-31(26-24-29)45-37-20-10-7-17-32(37)40-34-19-9-12-22-39(34)46-41(40)33-18-8-11-21-38(33)45/h1-27H. The molecule has 0 bridgehead atoms. The lowest BCUT2D eigenvalue weighted by molar-refractivity contribution is 0.633. The molecule has 0 saturated carbocycles. The molecule has 9 rings (SSSR count). The fourth-order valence-corrected chi connectivity index (χ4v) is 6.50. The summed E-state index contributed by atoms with van der Waals surface area (Å²) in [5, 5.41) is 1.11. The molecule has 0 atom stereocenters. The van der Waals surface area contributed by atoms with Gasteiger partial charge in [0, 0.05) is 44.5 Å². The lowest BCUT2D eigenvalue weighted by Crippen LogP contribution is -2.10. The summed E-state index contributed by atoms with van der Waals surface area (Å²) in [6.07, 6.45) is 0. The monoisotopic (exact) mass is 589 g/mol. The highest BCUT2D eigenvalue weighted by atomic mass is 16.3. The number of para-hydroxylation sites is 3. The minimum atomic E-state index is 0.706.